The first-order chi connectivity index (χ1) is 5.29. The van der Waals surface area contributed by atoms with E-state index in [4.69, 9.17) is 5.11 Å². The Labute approximate surface area is 89.0 Å². The number of halogens is 2. The van der Waals surface area contributed by atoms with Gasteiger partial charge in [-0.2, -0.15) is 0 Å². The van der Waals surface area contributed by atoms with E-state index < -0.39 is 5.97 Å². The summed E-state index contributed by atoms with van der Waals surface area (Å²) < 4.78 is 0. The lowest BCUT2D eigenvalue weighted by Gasteiger charge is -1.94. The Hall–Kier alpha value is -0.800. The fourth-order valence-electron chi connectivity index (χ4n) is 0.797. The molecule has 1 aromatic heterocycles. The number of pyridine rings is 1. The van der Waals surface area contributed by atoms with Crippen LogP contribution in [0.4, 0.5) is 0 Å². The van der Waals surface area contributed by atoms with Crippen LogP contribution in [0, 0.1) is 0 Å². The van der Waals surface area contributed by atoms with Gasteiger partial charge in [-0.05, 0) is 18.1 Å². The molecule has 13 heavy (non-hydrogen) atoms. The van der Waals surface area contributed by atoms with E-state index >= 15 is 0 Å². The van der Waals surface area contributed by atoms with Crippen LogP contribution in [0.3, 0.4) is 0 Å². The zero-order valence-electron chi connectivity index (χ0n) is 6.84. The van der Waals surface area contributed by atoms with Crippen molar-refractivity contribution in [2.24, 2.45) is 0 Å². The third-order valence-electron chi connectivity index (χ3n) is 1.35. The minimum atomic E-state index is -0.770. The molecule has 0 saturated carbocycles. The Morgan fingerprint density at radius 2 is 2.15 bits per heavy atom. The molecule has 0 radical (unpaired) electrons. The number of carbonyl (C=O) groups is 1. The highest BCUT2D eigenvalue weighted by Crippen LogP contribution is 1.99. The van der Waals surface area contributed by atoms with Crippen LogP contribution in [0.15, 0.2) is 24.5 Å². The summed E-state index contributed by atoms with van der Waals surface area (Å²) in [5.74, 6) is -0.770. The number of hydrogen-bond acceptors (Lipinski definition) is 2. The molecule has 3 nitrogen and oxygen atoms in total. The van der Waals surface area contributed by atoms with Crippen molar-refractivity contribution >= 4 is 30.8 Å². The third-order valence-corrected chi connectivity index (χ3v) is 1.35. The lowest BCUT2D eigenvalue weighted by atomic mass is 10.2. The number of carboxylic acid groups (broad SMARTS) is 1. The van der Waals surface area contributed by atoms with E-state index in [0.29, 0.717) is 6.42 Å². The van der Waals surface area contributed by atoms with Gasteiger partial charge in [-0.15, -0.1) is 24.8 Å². The van der Waals surface area contributed by atoms with E-state index in [1.807, 2.05) is 6.07 Å². The monoisotopic (exact) mass is 223 g/mol. The maximum Gasteiger partial charge on any atom is 0.303 e. The zero-order chi connectivity index (χ0) is 8.10. The summed E-state index contributed by atoms with van der Waals surface area (Å²) in [6.07, 6.45) is 4.09. The molecular formula is C8H11Cl2NO2. The third kappa shape index (κ3) is 6.37. The Bertz CT molecular complexity index is 241. The standard InChI is InChI=1S/C8H9NO2.2ClH/c10-8(11)4-3-7-2-1-5-9-6-7;;/h1-2,5-6H,3-4H2,(H,10,11);2*1H. The smallest absolute Gasteiger partial charge is 0.303 e. The first-order valence-corrected chi connectivity index (χ1v) is 3.40. The highest BCUT2D eigenvalue weighted by Gasteiger charge is 1.97. The largest absolute Gasteiger partial charge is 0.481 e. The van der Waals surface area contributed by atoms with Crippen molar-refractivity contribution in [2.75, 3.05) is 0 Å². The Kier molecular flexibility index (Phi) is 8.86. The SMILES string of the molecule is Cl.Cl.O=C(O)CCc1cccnc1. The number of hydrogen-bond donors (Lipinski definition) is 1. The summed E-state index contributed by atoms with van der Waals surface area (Å²) in [4.78, 5) is 14.0. The van der Waals surface area contributed by atoms with Gasteiger partial charge in [-0.3, -0.25) is 9.78 Å². The molecule has 0 bridgehead atoms. The molecule has 0 saturated heterocycles. The molecule has 0 fully saturated rings. The van der Waals surface area contributed by atoms with Crippen molar-refractivity contribution in [3.63, 3.8) is 0 Å². The minimum absolute atomic E-state index is 0. The van der Waals surface area contributed by atoms with Gasteiger partial charge in [0.1, 0.15) is 0 Å². The van der Waals surface area contributed by atoms with Crippen molar-refractivity contribution in [1.82, 2.24) is 4.98 Å². The molecule has 0 atom stereocenters. The van der Waals surface area contributed by atoms with E-state index in [2.05, 4.69) is 4.98 Å². The normalized spacial score (nSPS) is 8.00. The van der Waals surface area contributed by atoms with Crippen LogP contribution in [-0.2, 0) is 11.2 Å². The molecule has 0 amide bonds. The quantitative estimate of drug-likeness (QED) is 0.853. The zero-order valence-corrected chi connectivity index (χ0v) is 8.48. The van der Waals surface area contributed by atoms with E-state index in [9.17, 15) is 4.79 Å². The van der Waals surface area contributed by atoms with Gasteiger partial charge < -0.3 is 5.11 Å². The van der Waals surface area contributed by atoms with Crippen molar-refractivity contribution in [2.45, 2.75) is 12.8 Å². The van der Waals surface area contributed by atoms with Crippen LogP contribution >= 0.6 is 24.8 Å². The van der Waals surface area contributed by atoms with E-state index in [1.54, 1.807) is 18.5 Å². The lowest BCUT2D eigenvalue weighted by Crippen LogP contribution is -1.97. The van der Waals surface area contributed by atoms with Crippen LogP contribution in [0.2, 0.25) is 0 Å². The van der Waals surface area contributed by atoms with Crippen molar-refractivity contribution in [1.29, 1.82) is 0 Å². The average Bonchev–Trinajstić information content (AvgIpc) is 2.03. The van der Waals surface area contributed by atoms with Crippen molar-refractivity contribution in [3.05, 3.63) is 30.1 Å². The molecule has 5 heteroatoms. The predicted molar refractivity (Wildman–Crippen MR) is 54.7 cm³/mol. The van der Waals surface area contributed by atoms with E-state index in [1.165, 1.54) is 0 Å². The molecule has 1 heterocycles. The van der Waals surface area contributed by atoms with Gasteiger partial charge in [0.05, 0.1) is 0 Å². The topological polar surface area (TPSA) is 50.2 Å². The summed E-state index contributed by atoms with van der Waals surface area (Å²) >= 11 is 0. The van der Waals surface area contributed by atoms with E-state index in [-0.39, 0.29) is 31.2 Å². The maximum atomic E-state index is 10.2. The fourth-order valence-corrected chi connectivity index (χ4v) is 0.797. The van der Waals surface area contributed by atoms with Gasteiger partial charge in [-0.1, -0.05) is 6.07 Å². The summed E-state index contributed by atoms with van der Waals surface area (Å²) in [5, 5.41) is 8.35. The molecule has 1 rings (SSSR count). The van der Waals surface area contributed by atoms with Gasteiger partial charge in [0.25, 0.3) is 0 Å². The average molecular weight is 224 g/mol. The molecule has 1 aromatic rings. The lowest BCUT2D eigenvalue weighted by molar-refractivity contribution is -0.136. The number of aromatic nitrogens is 1. The summed E-state index contributed by atoms with van der Waals surface area (Å²) in [6.45, 7) is 0. The van der Waals surface area contributed by atoms with Crippen molar-refractivity contribution < 1.29 is 9.90 Å². The van der Waals surface area contributed by atoms with Gasteiger partial charge in [0.2, 0.25) is 0 Å². The highest BCUT2D eigenvalue weighted by atomic mass is 35.5. The van der Waals surface area contributed by atoms with Gasteiger partial charge in [0, 0.05) is 18.8 Å². The number of nitrogens with zero attached hydrogens (tertiary/aromatic N) is 1. The number of aryl methyl sites for hydroxylation is 1. The molecule has 74 valence electrons. The first-order valence-electron chi connectivity index (χ1n) is 3.40. The van der Waals surface area contributed by atoms with Crippen LogP contribution in [0.25, 0.3) is 0 Å². The van der Waals surface area contributed by atoms with Crippen LogP contribution < -0.4 is 0 Å². The summed E-state index contributed by atoms with van der Waals surface area (Å²) in [7, 11) is 0. The minimum Gasteiger partial charge on any atom is -0.481 e. The maximum absolute atomic E-state index is 10.2. The van der Waals surface area contributed by atoms with Crippen molar-refractivity contribution in [3.8, 4) is 0 Å². The first kappa shape index (κ1) is 14.7. The highest BCUT2D eigenvalue weighted by molar-refractivity contribution is 5.85. The molecule has 0 aliphatic rings. The fraction of sp³-hybridized carbons (Fsp3) is 0.250. The summed E-state index contributed by atoms with van der Waals surface area (Å²) in [6, 6.07) is 3.67. The van der Waals surface area contributed by atoms with Crippen LogP contribution in [-0.4, -0.2) is 16.1 Å². The Morgan fingerprint density at radius 1 is 1.46 bits per heavy atom. The second-order valence-corrected chi connectivity index (χ2v) is 2.26. The molecule has 0 aliphatic carbocycles. The predicted octanol–water partition coefficient (Wildman–Crippen LogP) is 1.94. The molecule has 1 N–H and O–H groups in total. The Morgan fingerprint density at radius 3 is 2.62 bits per heavy atom. The van der Waals surface area contributed by atoms with Gasteiger partial charge in [0.15, 0.2) is 0 Å². The number of aliphatic carboxylic acids is 1. The van der Waals surface area contributed by atoms with Gasteiger partial charge in [-0.25, -0.2) is 0 Å². The second kappa shape index (κ2) is 7.83. The number of rotatable bonds is 3. The second-order valence-electron chi connectivity index (χ2n) is 2.26. The van der Waals surface area contributed by atoms with Crippen LogP contribution in [0.1, 0.15) is 12.0 Å². The van der Waals surface area contributed by atoms with Gasteiger partial charge >= 0.3 is 5.97 Å². The molecular weight excluding hydrogens is 213 g/mol. The molecule has 0 unspecified atom stereocenters. The molecule has 0 aliphatic heterocycles. The van der Waals surface area contributed by atoms with Crippen LogP contribution in [0.5, 0.6) is 0 Å². The number of carboxylic acids is 1. The molecule has 0 aromatic carbocycles. The van der Waals surface area contributed by atoms with E-state index in [0.717, 1.165) is 5.56 Å². The Balaban J connectivity index is 0. The summed E-state index contributed by atoms with van der Waals surface area (Å²) in [5.41, 5.74) is 0.968. The molecule has 0 spiro atoms.